The normalized spacial score (nSPS) is 8.88. The summed E-state index contributed by atoms with van der Waals surface area (Å²) in [5, 5.41) is 1.19. The Labute approximate surface area is 99.1 Å². The summed E-state index contributed by atoms with van der Waals surface area (Å²) in [6.07, 6.45) is 1.25. The Balaban J connectivity index is 0.000000394. The van der Waals surface area contributed by atoms with E-state index in [4.69, 9.17) is 0 Å². The van der Waals surface area contributed by atoms with Gasteiger partial charge in [0.2, 0.25) is 0 Å². The number of rotatable bonds is 0. The maximum atomic E-state index is 4.34. The van der Waals surface area contributed by atoms with E-state index in [1.54, 1.807) is 0 Å². The van der Waals surface area contributed by atoms with Crippen LogP contribution < -0.4 is 0 Å². The zero-order chi connectivity index (χ0) is 12.6. The van der Waals surface area contributed by atoms with Crippen LogP contribution in [0.3, 0.4) is 0 Å². The van der Waals surface area contributed by atoms with Crippen LogP contribution in [-0.4, -0.2) is 9.97 Å². The van der Waals surface area contributed by atoms with Crippen LogP contribution in [0, 0.1) is 13.8 Å². The van der Waals surface area contributed by atoms with Crippen molar-refractivity contribution in [1.82, 2.24) is 9.97 Å². The molecule has 2 nitrogen and oxygen atoms in total. The van der Waals surface area contributed by atoms with Crippen molar-refractivity contribution >= 4 is 11.0 Å². The number of aryl methyl sites for hydroxylation is 2. The van der Waals surface area contributed by atoms with Crippen LogP contribution in [-0.2, 0) is 0 Å². The molecule has 1 N–H and O–H groups in total. The van der Waals surface area contributed by atoms with Gasteiger partial charge in [-0.1, -0.05) is 34.1 Å². The maximum absolute atomic E-state index is 4.34. The van der Waals surface area contributed by atoms with Gasteiger partial charge in [0.1, 0.15) is 5.65 Å². The van der Waals surface area contributed by atoms with Crippen molar-refractivity contribution in [3.05, 3.63) is 29.6 Å². The lowest BCUT2D eigenvalue weighted by Gasteiger charge is -1.89. The van der Waals surface area contributed by atoms with Crippen LogP contribution in [0.15, 0.2) is 18.2 Å². The lowest BCUT2D eigenvalue weighted by Crippen LogP contribution is -1.79. The van der Waals surface area contributed by atoms with E-state index in [1.807, 2.05) is 33.8 Å². The van der Waals surface area contributed by atoms with Gasteiger partial charge >= 0.3 is 0 Å². The highest BCUT2D eigenvalue weighted by molar-refractivity contribution is 5.76. The van der Waals surface area contributed by atoms with E-state index in [9.17, 15) is 0 Å². The second-order valence-electron chi connectivity index (χ2n) is 3.55. The highest BCUT2D eigenvalue weighted by Crippen LogP contribution is 2.12. The zero-order valence-corrected chi connectivity index (χ0v) is 11.4. The molecule has 0 saturated heterocycles. The Morgan fingerprint density at radius 2 is 1.69 bits per heavy atom. The summed E-state index contributed by atoms with van der Waals surface area (Å²) in [5.41, 5.74) is 3.21. The van der Waals surface area contributed by atoms with E-state index in [1.165, 1.54) is 11.8 Å². The molecule has 16 heavy (non-hydrogen) atoms. The molecule has 0 unspecified atom stereocenters. The first kappa shape index (κ1) is 14.7. The smallest absolute Gasteiger partial charge is 0.137 e. The Morgan fingerprint density at radius 1 is 1.12 bits per heavy atom. The standard InChI is InChI=1S/C9H10N2.C3H8.C2H6/c1-6-3-4-8-5-7(2)11-9(8)10-6;1-3-2;1-2/h3-5H,1-2H3,(H,10,11);3H2,1-2H3;1-2H3. The van der Waals surface area contributed by atoms with E-state index in [-0.39, 0.29) is 0 Å². The zero-order valence-electron chi connectivity index (χ0n) is 11.4. The molecule has 0 aliphatic rings. The Kier molecular flexibility index (Phi) is 7.27. The minimum absolute atomic E-state index is 0.988. The second-order valence-corrected chi connectivity index (χ2v) is 3.55. The number of nitrogens with one attached hydrogen (secondary N) is 1. The van der Waals surface area contributed by atoms with Crippen LogP contribution in [0.1, 0.15) is 45.5 Å². The molecule has 0 fully saturated rings. The fourth-order valence-electron chi connectivity index (χ4n) is 1.24. The summed E-state index contributed by atoms with van der Waals surface area (Å²) in [6.45, 7) is 12.3. The van der Waals surface area contributed by atoms with Crippen molar-refractivity contribution in [3.8, 4) is 0 Å². The first-order valence-corrected chi connectivity index (χ1v) is 6.10. The molecule has 0 aromatic carbocycles. The number of hydrogen-bond acceptors (Lipinski definition) is 1. The molecule has 2 heterocycles. The number of nitrogens with zero attached hydrogens (tertiary/aromatic N) is 1. The molecule has 0 atom stereocenters. The first-order valence-electron chi connectivity index (χ1n) is 6.10. The molecule has 2 heteroatoms. The van der Waals surface area contributed by atoms with E-state index < -0.39 is 0 Å². The van der Waals surface area contributed by atoms with Crippen LogP contribution in [0.5, 0.6) is 0 Å². The SMILES string of the molecule is CC.CCC.Cc1ccc2cc(C)[nH]c2n1. The summed E-state index contributed by atoms with van der Waals surface area (Å²) in [6, 6.07) is 6.21. The molecule has 0 saturated carbocycles. The quantitative estimate of drug-likeness (QED) is 0.689. The average molecular weight is 220 g/mol. The third kappa shape index (κ3) is 4.47. The molecule has 2 rings (SSSR count). The molecule has 0 aliphatic heterocycles. The fourth-order valence-corrected chi connectivity index (χ4v) is 1.24. The van der Waals surface area contributed by atoms with Crippen molar-refractivity contribution in [2.45, 2.75) is 48.0 Å². The molecule has 90 valence electrons. The van der Waals surface area contributed by atoms with Gasteiger partial charge in [0, 0.05) is 16.8 Å². The Hall–Kier alpha value is -1.31. The van der Waals surface area contributed by atoms with Crippen LogP contribution in [0.25, 0.3) is 11.0 Å². The highest BCUT2D eigenvalue weighted by atomic mass is 14.9. The van der Waals surface area contributed by atoms with E-state index in [0.29, 0.717) is 0 Å². The predicted molar refractivity (Wildman–Crippen MR) is 72.9 cm³/mol. The molecule has 2 aromatic heterocycles. The van der Waals surface area contributed by atoms with E-state index in [0.717, 1.165) is 17.0 Å². The fraction of sp³-hybridized carbons (Fsp3) is 0.500. The summed E-state index contributed by atoms with van der Waals surface area (Å²) < 4.78 is 0. The van der Waals surface area contributed by atoms with E-state index >= 15 is 0 Å². The molecule has 0 radical (unpaired) electrons. The number of aromatic nitrogens is 2. The molecule has 0 spiro atoms. The number of pyridine rings is 1. The monoisotopic (exact) mass is 220 g/mol. The molecule has 2 aromatic rings. The molecular weight excluding hydrogens is 196 g/mol. The molecule has 0 aliphatic carbocycles. The van der Waals surface area contributed by atoms with Crippen molar-refractivity contribution in [2.75, 3.05) is 0 Å². The van der Waals surface area contributed by atoms with Gasteiger partial charge in [-0.15, -0.1) is 0 Å². The predicted octanol–water partition coefficient (Wildman–Crippen LogP) is 4.62. The second kappa shape index (κ2) is 7.91. The van der Waals surface area contributed by atoms with Crippen LogP contribution in [0.2, 0.25) is 0 Å². The summed E-state index contributed by atoms with van der Waals surface area (Å²) in [4.78, 5) is 7.53. The third-order valence-electron chi connectivity index (χ3n) is 1.75. The van der Waals surface area contributed by atoms with Gasteiger partial charge < -0.3 is 4.98 Å². The number of aromatic amines is 1. The minimum atomic E-state index is 0.988. The van der Waals surface area contributed by atoms with Crippen molar-refractivity contribution in [1.29, 1.82) is 0 Å². The van der Waals surface area contributed by atoms with Gasteiger partial charge in [-0.3, -0.25) is 0 Å². The van der Waals surface area contributed by atoms with E-state index in [2.05, 4.69) is 35.9 Å². The van der Waals surface area contributed by atoms with Crippen molar-refractivity contribution in [2.24, 2.45) is 0 Å². The molecular formula is C14H24N2. The largest absolute Gasteiger partial charge is 0.344 e. The molecule has 0 bridgehead atoms. The summed E-state index contributed by atoms with van der Waals surface area (Å²) in [5.74, 6) is 0. The minimum Gasteiger partial charge on any atom is -0.344 e. The van der Waals surface area contributed by atoms with Crippen LogP contribution >= 0.6 is 0 Å². The van der Waals surface area contributed by atoms with Gasteiger partial charge in [-0.25, -0.2) is 4.98 Å². The Morgan fingerprint density at radius 3 is 2.25 bits per heavy atom. The summed E-state index contributed by atoms with van der Waals surface area (Å²) in [7, 11) is 0. The van der Waals surface area contributed by atoms with Gasteiger partial charge in [-0.05, 0) is 32.0 Å². The summed E-state index contributed by atoms with van der Waals surface area (Å²) >= 11 is 0. The lowest BCUT2D eigenvalue weighted by atomic mass is 10.3. The average Bonchev–Trinajstić information content (AvgIpc) is 2.61. The van der Waals surface area contributed by atoms with Gasteiger partial charge in [0.05, 0.1) is 0 Å². The number of hydrogen-bond donors (Lipinski definition) is 1. The van der Waals surface area contributed by atoms with Crippen molar-refractivity contribution in [3.63, 3.8) is 0 Å². The first-order chi connectivity index (χ1) is 7.67. The Bertz CT molecular complexity index is 402. The van der Waals surface area contributed by atoms with Crippen molar-refractivity contribution < 1.29 is 0 Å². The topological polar surface area (TPSA) is 28.7 Å². The molecule has 0 amide bonds. The van der Waals surface area contributed by atoms with Gasteiger partial charge in [0.15, 0.2) is 0 Å². The van der Waals surface area contributed by atoms with Gasteiger partial charge in [0.25, 0.3) is 0 Å². The maximum Gasteiger partial charge on any atom is 0.137 e. The highest BCUT2D eigenvalue weighted by Gasteiger charge is 1.96. The van der Waals surface area contributed by atoms with Crippen LogP contribution in [0.4, 0.5) is 0 Å². The lowest BCUT2D eigenvalue weighted by molar-refractivity contribution is 1.09. The number of fused-ring (bicyclic) bond motifs is 1. The van der Waals surface area contributed by atoms with Gasteiger partial charge in [-0.2, -0.15) is 0 Å². The third-order valence-corrected chi connectivity index (χ3v) is 1.75. The number of H-pyrrole nitrogens is 1.